The predicted molar refractivity (Wildman–Crippen MR) is 158 cm³/mol. The normalized spacial score (nSPS) is 22.6. The summed E-state index contributed by atoms with van der Waals surface area (Å²) >= 11 is 5.97. The summed E-state index contributed by atoms with van der Waals surface area (Å²) in [5.41, 5.74) is 0.385. The summed E-state index contributed by atoms with van der Waals surface area (Å²) in [6, 6.07) is 7.84. The number of nitrogens with zero attached hydrogens (tertiary/aromatic N) is 5. The Bertz CT molecular complexity index is 1170. The average molecular weight is 587 g/mol. The van der Waals surface area contributed by atoms with Gasteiger partial charge in [0.05, 0.1) is 0 Å². The highest BCUT2D eigenvalue weighted by molar-refractivity contribution is 6.30. The van der Waals surface area contributed by atoms with Crippen LogP contribution in [0.4, 0.5) is 10.8 Å². The van der Waals surface area contributed by atoms with E-state index in [0.717, 1.165) is 76.9 Å². The molecule has 3 fully saturated rings. The van der Waals surface area contributed by atoms with Crippen molar-refractivity contribution in [2.75, 3.05) is 57.3 Å². The third-order valence-corrected chi connectivity index (χ3v) is 8.53. The lowest BCUT2D eigenvalue weighted by atomic mass is 9.96. The molecule has 1 unspecified atom stereocenters. The zero-order valence-corrected chi connectivity index (χ0v) is 25.2. The lowest BCUT2D eigenvalue weighted by Crippen LogP contribution is -2.45. The highest BCUT2D eigenvalue weighted by Crippen LogP contribution is 2.27. The van der Waals surface area contributed by atoms with Gasteiger partial charge in [-0.3, -0.25) is 4.79 Å². The zero-order chi connectivity index (χ0) is 29.0. The third kappa shape index (κ3) is 8.13. The zero-order valence-electron chi connectivity index (χ0n) is 24.5. The molecule has 0 saturated carbocycles. The molecule has 224 valence electrons. The van der Waals surface area contributed by atoms with Gasteiger partial charge in [0.15, 0.2) is 0 Å². The van der Waals surface area contributed by atoms with Gasteiger partial charge in [0.25, 0.3) is 0 Å². The number of hydrogen-bond donors (Lipinski definition) is 1. The fourth-order valence-electron chi connectivity index (χ4n) is 6.10. The van der Waals surface area contributed by atoms with Crippen LogP contribution < -0.4 is 10.2 Å². The van der Waals surface area contributed by atoms with E-state index in [1.165, 1.54) is 0 Å². The molecule has 0 bridgehead atoms. The Morgan fingerprint density at radius 3 is 2.51 bits per heavy atom. The molecule has 2 atom stereocenters. The summed E-state index contributed by atoms with van der Waals surface area (Å²) in [5, 5.41) is 8.00. The number of anilines is 1. The largest absolute Gasteiger partial charge is 0.444 e. The number of carbonyl (C=O) groups excluding carboxylic acids is 2. The van der Waals surface area contributed by atoms with Crippen LogP contribution in [0.15, 0.2) is 28.8 Å². The molecule has 1 aromatic heterocycles. The molecule has 4 heterocycles. The van der Waals surface area contributed by atoms with E-state index in [1.54, 1.807) is 12.1 Å². The molecular weight excluding hydrogens is 544 g/mol. The van der Waals surface area contributed by atoms with Gasteiger partial charge in [-0.1, -0.05) is 16.8 Å². The highest BCUT2D eigenvalue weighted by Gasteiger charge is 2.32. The summed E-state index contributed by atoms with van der Waals surface area (Å²) in [6.07, 6.45) is 4.58. The third-order valence-electron chi connectivity index (χ3n) is 8.28. The van der Waals surface area contributed by atoms with Crippen LogP contribution in [0.1, 0.15) is 52.9 Å². The molecule has 41 heavy (non-hydrogen) atoms. The molecule has 11 heteroatoms. The second-order valence-corrected chi connectivity index (χ2v) is 13.2. The monoisotopic (exact) mass is 586 g/mol. The van der Waals surface area contributed by atoms with E-state index in [4.69, 9.17) is 20.9 Å². The molecule has 1 aromatic carbocycles. The van der Waals surface area contributed by atoms with E-state index >= 15 is 0 Å². The van der Waals surface area contributed by atoms with Crippen LogP contribution in [-0.4, -0.2) is 89.9 Å². The van der Waals surface area contributed by atoms with Crippen molar-refractivity contribution in [1.29, 1.82) is 0 Å². The van der Waals surface area contributed by atoms with Gasteiger partial charge in [-0.25, -0.2) is 4.79 Å². The fourth-order valence-corrected chi connectivity index (χ4v) is 6.23. The summed E-state index contributed by atoms with van der Waals surface area (Å²) in [6.45, 7) is 12.4. The summed E-state index contributed by atoms with van der Waals surface area (Å²) < 4.78 is 11.1. The van der Waals surface area contributed by atoms with Gasteiger partial charge in [-0.2, -0.15) is 4.98 Å². The molecule has 5 rings (SSSR count). The Morgan fingerprint density at radius 2 is 1.78 bits per heavy atom. The number of piperidine rings is 2. The Balaban J connectivity index is 1.01. The van der Waals surface area contributed by atoms with Crippen molar-refractivity contribution in [2.45, 2.75) is 58.5 Å². The van der Waals surface area contributed by atoms with Gasteiger partial charge in [0.2, 0.25) is 11.7 Å². The van der Waals surface area contributed by atoms with E-state index in [9.17, 15) is 9.59 Å². The van der Waals surface area contributed by atoms with Crippen molar-refractivity contribution in [2.24, 2.45) is 17.8 Å². The maximum absolute atomic E-state index is 13.0. The fraction of sp³-hybridized carbons (Fsp3) is 0.667. The predicted octanol–water partition coefficient (Wildman–Crippen LogP) is 4.69. The van der Waals surface area contributed by atoms with Gasteiger partial charge in [0, 0.05) is 62.3 Å². The summed E-state index contributed by atoms with van der Waals surface area (Å²) in [7, 11) is 0. The van der Waals surface area contributed by atoms with Gasteiger partial charge >= 0.3 is 12.1 Å². The van der Waals surface area contributed by atoms with E-state index in [0.29, 0.717) is 41.8 Å². The number of nitrogens with one attached hydrogen (secondary N) is 1. The second kappa shape index (κ2) is 13.0. The standard InChI is InChI=1S/C30H43ClN6O4/c1-30(2,3)40-29(39)37-13-4-5-22(20-37)19-35-14-10-21(18-35)17-32-27(38)24-11-15-36(16-12-24)28-33-26(34-41-28)23-6-8-25(31)9-7-23/h6-9,21-22,24H,4-5,10-20H2,1-3H3,(H,32,38)/t21?,22-/m1/s1. The number of carbonyl (C=O) groups is 2. The molecule has 2 aromatic rings. The molecule has 1 N–H and O–H groups in total. The van der Waals surface area contributed by atoms with Crippen molar-refractivity contribution in [3.05, 3.63) is 29.3 Å². The topological polar surface area (TPSA) is 104 Å². The van der Waals surface area contributed by atoms with Crippen molar-refractivity contribution in [3.8, 4) is 11.4 Å². The maximum atomic E-state index is 13.0. The number of rotatable bonds is 7. The van der Waals surface area contributed by atoms with Crippen LogP contribution in [0, 0.1) is 17.8 Å². The molecule has 0 spiro atoms. The van der Waals surface area contributed by atoms with Crippen LogP contribution in [-0.2, 0) is 9.53 Å². The molecule has 10 nitrogen and oxygen atoms in total. The first kappa shape index (κ1) is 29.6. The quantitative estimate of drug-likeness (QED) is 0.498. The van der Waals surface area contributed by atoms with E-state index < -0.39 is 5.60 Å². The number of amides is 2. The number of halogens is 1. The number of hydrogen-bond acceptors (Lipinski definition) is 8. The molecule has 0 radical (unpaired) electrons. The molecule has 3 aliphatic heterocycles. The second-order valence-electron chi connectivity index (χ2n) is 12.8. The van der Waals surface area contributed by atoms with E-state index in [2.05, 4.69) is 25.3 Å². The number of ether oxygens (including phenoxy) is 1. The Labute approximate surface area is 247 Å². The van der Waals surface area contributed by atoms with Crippen LogP contribution in [0.25, 0.3) is 11.4 Å². The number of aromatic nitrogens is 2. The minimum atomic E-state index is -0.468. The van der Waals surface area contributed by atoms with Gasteiger partial charge in [0.1, 0.15) is 5.60 Å². The van der Waals surface area contributed by atoms with Crippen molar-refractivity contribution in [1.82, 2.24) is 25.3 Å². The minimum absolute atomic E-state index is 0.00323. The highest BCUT2D eigenvalue weighted by atomic mass is 35.5. The molecule has 2 amide bonds. The van der Waals surface area contributed by atoms with E-state index in [-0.39, 0.29) is 17.9 Å². The summed E-state index contributed by atoms with van der Waals surface area (Å²) in [5.74, 6) is 1.62. The van der Waals surface area contributed by atoms with Crippen molar-refractivity contribution >= 4 is 29.6 Å². The first-order valence-corrected chi connectivity index (χ1v) is 15.3. The summed E-state index contributed by atoms with van der Waals surface area (Å²) in [4.78, 5) is 36.4. The van der Waals surface area contributed by atoms with E-state index in [1.807, 2.05) is 37.8 Å². The molecule has 0 aliphatic carbocycles. The Hall–Kier alpha value is -2.85. The Morgan fingerprint density at radius 1 is 1.02 bits per heavy atom. The van der Waals surface area contributed by atoms with Gasteiger partial charge in [-0.15, -0.1) is 0 Å². The molecular formula is C30H43ClN6O4. The lowest BCUT2D eigenvalue weighted by Gasteiger charge is -2.35. The maximum Gasteiger partial charge on any atom is 0.410 e. The minimum Gasteiger partial charge on any atom is -0.444 e. The number of likely N-dealkylation sites (tertiary alicyclic amines) is 2. The van der Waals surface area contributed by atoms with Crippen molar-refractivity contribution in [3.63, 3.8) is 0 Å². The smallest absolute Gasteiger partial charge is 0.410 e. The van der Waals surface area contributed by atoms with Crippen LogP contribution in [0.5, 0.6) is 0 Å². The van der Waals surface area contributed by atoms with Crippen molar-refractivity contribution < 1.29 is 18.8 Å². The van der Waals surface area contributed by atoms with Gasteiger partial charge < -0.3 is 29.3 Å². The first-order valence-electron chi connectivity index (χ1n) is 15.0. The Kier molecular flexibility index (Phi) is 9.38. The lowest BCUT2D eigenvalue weighted by molar-refractivity contribution is -0.125. The molecule has 3 aliphatic rings. The first-order chi connectivity index (χ1) is 19.6. The van der Waals surface area contributed by atoms with Gasteiger partial charge in [-0.05, 0) is 95.5 Å². The number of benzene rings is 1. The average Bonchev–Trinajstić information content (AvgIpc) is 3.62. The van der Waals surface area contributed by atoms with Crippen LogP contribution in [0.3, 0.4) is 0 Å². The SMILES string of the molecule is CC(C)(C)OC(=O)N1CCC[C@H](CN2CCC(CNC(=O)C3CCN(c4nc(-c5ccc(Cl)cc5)no4)CC3)C2)C1. The van der Waals surface area contributed by atoms with Crippen LogP contribution >= 0.6 is 11.6 Å². The van der Waals surface area contributed by atoms with Crippen LogP contribution in [0.2, 0.25) is 5.02 Å². The molecule has 3 saturated heterocycles.